The summed E-state index contributed by atoms with van der Waals surface area (Å²) in [5, 5.41) is 5.29. The fourth-order valence-corrected chi connectivity index (χ4v) is 4.16. The van der Waals surface area contributed by atoms with Crippen molar-refractivity contribution in [2.45, 2.75) is 23.5 Å². The Kier molecular flexibility index (Phi) is 9.05. The van der Waals surface area contributed by atoms with Gasteiger partial charge < -0.3 is 15.4 Å². The first-order valence-electron chi connectivity index (χ1n) is 10.8. The Labute approximate surface area is 203 Å². The number of nitrogens with one attached hydrogen (secondary N) is 2. The Bertz CT molecular complexity index is 1180. The van der Waals surface area contributed by atoms with Crippen LogP contribution in [0.15, 0.2) is 89.8 Å². The molecule has 1 unspecified atom stereocenters. The van der Waals surface area contributed by atoms with Gasteiger partial charge in [0.25, 0.3) is 0 Å². The first-order valence-corrected chi connectivity index (χ1v) is 11.7. The number of esters is 1. The number of methoxy groups -OCH3 is 1. The van der Waals surface area contributed by atoms with Crippen LogP contribution in [0, 0.1) is 0 Å². The minimum absolute atomic E-state index is 0.218. The molecule has 0 fully saturated rings. The van der Waals surface area contributed by atoms with Crippen LogP contribution in [-0.2, 0) is 14.3 Å². The van der Waals surface area contributed by atoms with Crippen LogP contribution in [0.3, 0.4) is 0 Å². The maximum Gasteiger partial charge on any atom is 0.339 e. The van der Waals surface area contributed by atoms with Gasteiger partial charge in [0.15, 0.2) is 0 Å². The van der Waals surface area contributed by atoms with E-state index in [-0.39, 0.29) is 11.8 Å². The largest absolute Gasteiger partial charge is 0.465 e. The predicted molar refractivity (Wildman–Crippen MR) is 137 cm³/mol. The van der Waals surface area contributed by atoms with Gasteiger partial charge in [-0.05, 0) is 48.4 Å². The molecule has 0 saturated heterocycles. The van der Waals surface area contributed by atoms with E-state index in [1.54, 1.807) is 36.4 Å². The summed E-state index contributed by atoms with van der Waals surface area (Å²) in [6, 6.07) is 23.6. The first kappa shape index (κ1) is 24.8. The summed E-state index contributed by atoms with van der Waals surface area (Å²) in [6.45, 7) is 1.92. The van der Waals surface area contributed by atoms with Gasteiger partial charge in [0, 0.05) is 16.7 Å². The van der Waals surface area contributed by atoms with Crippen LogP contribution in [0.5, 0.6) is 0 Å². The summed E-state index contributed by atoms with van der Waals surface area (Å²) in [5.41, 5.74) is 2.28. The summed E-state index contributed by atoms with van der Waals surface area (Å²) < 4.78 is 4.79. The molecule has 0 aliphatic heterocycles. The SMILES string of the molecule is CCC(Sc1cccc(NC(=O)/C=C/c2ccccc2)c1)C(=O)Nc1ccccc1C(=O)OC. The van der Waals surface area contributed by atoms with Gasteiger partial charge in [0.05, 0.1) is 23.6 Å². The minimum atomic E-state index is -0.513. The van der Waals surface area contributed by atoms with Crippen molar-refractivity contribution in [3.05, 3.63) is 96.1 Å². The smallest absolute Gasteiger partial charge is 0.339 e. The molecular formula is C27H26N2O4S. The molecule has 3 rings (SSSR count). The fraction of sp³-hybridized carbons (Fsp3) is 0.148. The van der Waals surface area contributed by atoms with Crippen molar-refractivity contribution >= 4 is 47.0 Å². The van der Waals surface area contributed by atoms with E-state index < -0.39 is 11.2 Å². The first-order chi connectivity index (χ1) is 16.5. The molecule has 0 heterocycles. The molecule has 6 nitrogen and oxygen atoms in total. The summed E-state index contributed by atoms with van der Waals surface area (Å²) in [4.78, 5) is 38.0. The lowest BCUT2D eigenvalue weighted by molar-refractivity contribution is -0.115. The molecule has 0 bridgehead atoms. The molecule has 2 amide bonds. The van der Waals surface area contributed by atoms with Crippen LogP contribution in [0.2, 0.25) is 0 Å². The lowest BCUT2D eigenvalue weighted by atomic mass is 10.1. The Morgan fingerprint density at radius 3 is 2.41 bits per heavy atom. The second-order valence-electron chi connectivity index (χ2n) is 7.30. The van der Waals surface area contributed by atoms with Gasteiger partial charge >= 0.3 is 5.97 Å². The molecule has 2 N–H and O–H groups in total. The number of ether oxygens (including phenoxy) is 1. The lowest BCUT2D eigenvalue weighted by Gasteiger charge is -2.16. The molecule has 0 saturated carbocycles. The highest BCUT2D eigenvalue weighted by Crippen LogP contribution is 2.29. The van der Waals surface area contributed by atoms with Gasteiger partial charge in [-0.15, -0.1) is 11.8 Å². The predicted octanol–water partition coefficient (Wildman–Crippen LogP) is 5.63. The summed E-state index contributed by atoms with van der Waals surface area (Å²) in [5.74, 6) is -0.972. The molecule has 0 aliphatic carbocycles. The standard InChI is InChI=1S/C27H26N2O4S/c1-3-24(26(31)29-23-15-8-7-14-22(23)27(32)33-2)34-21-13-9-12-20(18-21)28-25(30)17-16-19-10-5-4-6-11-19/h4-18,24H,3H2,1-2H3,(H,28,30)(H,29,31)/b17-16+. The van der Waals surface area contributed by atoms with Gasteiger partial charge in [-0.1, -0.05) is 55.5 Å². The van der Waals surface area contributed by atoms with Crippen LogP contribution >= 0.6 is 11.8 Å². The van der Waals surface area contributed by atoms with Crippen LogP contribution in [0.1, 0.15) is 29.3 Å². The molecule has 174 valence electrons. The fourth-order valence-electron chi connectivity index (χ4n) is 3.15. The van der Waals surface area contributed by atoms with Crippen LogP contribution in [-0.4, -0.2) is 30.1 Å². The van der Waals surface area contributed by atoms with E-state index in [0.29, 0.717) is 23.4 Å². The number of para-hydroxylation sites is 1. The lowest BCUT2D eigenvalue weighted by Crippen LogP contribution is -2.25. The normalized spacial score (nSPS) is 11.6. The van der Waals surface area contributed by atoms with Gasteiger partial charge in [0.1, 0.15) is 0 Å². The van der Waals surface area contributed by atoms with Crippen molar-refractivity contribution in [3.63, 3.8) is 0 Å². The number of anilines is 2. The maximum absolute atomic E-state index is 12.9. The van der Waals surface area contributed by atoms with Crippen LogP contribution < -0.4 is 10.6 Å². The van der Waals surface area contributed by atoms with Crippen molar-refractivity contribution < 1.29 is 19.1 Å². The molecule has 0 radical (unpaired) electrons. The third-order valence-corrected chi connectivity index (χ3v) is 6.22. The summed E-state index contributed by atoms with van der Waals surface area (Å²) in [6.07, 6.45) is 3.81. The highest BCUT2D eigenvalue weighted by molar-refractivity contribution is 8.00. The molecule has 3 aromatic rings. The molecule has 34 heavy (non-hydrogen) atoms. The number of hydrogen-bond donors (Lipinski definition) is 2. The highest BCUT2D eigenvalue weighted by atomic mass is 32.2. The summed E-state index contributed by atoms with van der Waals surface area (Å²) in [7, 11) is 1.30. The van der Waals surface area contributed by atoms with Gasteiger partial charge in [-0.25, -0.2) is 4.79 Å². The Morgan fingerprint density at radius 2 is 1.68 bits per heavy atom. The third-order valence-electron chi connectivity index (χ3n) is 4.86. The molecule has 7 heteroatoms. The zero-order valence-electron chi connectivity index (χ0n) is 19.0. The monoisotopic (exact) mass is 474 g/mol. The number of carbonyl (C=O) groups excluding carboxylic acids is 3. The molecule has 0 spiro atoms. The van der Waals surface area contributed by atoms with E-state index in [1.165, 1.54) is 24.9 Å². The minimum Gasteiger partial charge on any atom is -0.465 e. The Morgan fingerprint density at radius 1 is 0.941 bits per heavy atom. The number of thioether (sulfide) groups is 1. The highest BCUT2D eigenvalue weighted by Gasteiger charge is 2.21. The topological polar surface area (TPSA) is 84.5 Å². The molecule has 0 aliphatic rings. The average molecular weight is 475 g/mol. The van der Waals surface area contributed by atoms with Crippen LogP contribution in [0.4, 0.5) is 11.4 Å². The Hall–Kier alpha value is -3.84. The number of amides is 2. The van der Waals surface area contributed by atoms with E-state index >= 15 is 0 Å². The van der Waals surface area contributed by atoms with E-state index in [0.717, 1.165) is 10.5 Å². The van der Waals surface area contributed by atoms with E-state index in [9.17, 15) is 14.4 Å². The third kappa shape index (κ3) is 7.08. The van der Waals surface area contributed by atoms with E-state index in [4.69, 9.17) is 4.74 Å². The van der Waals surface area contributed by atoms with Crippen molar-refractivity contribution in [3.8, 4) is 0 Å². The Balaban J connectivity index is 1.65. The quantitative estimate of drug-likeness (QED) is 0.238. The molecule has 0 aromatic heterocycles. The maximum atomic E-state index is 12.9. The molecule has 3 aromatic carbocycles. The van der Waals surface area contributed by atoms with Crippen molar-refractivity contribution in [2.24, 2.45) is 0 Å². The van der Waals surface area contributed by atoms with Crippen molar-refractivity contribution in [1.29, 1.82) is 0 Å². The van der Waals surface area contributed by atoms with E-state index in [1.807, 2.05) is 55.5 Å². The van der Waals surface area contributed by atoms with E-state index in [2.05, 4.69) is 10.6 Å². The number of rotatable bonds is 9. The van der Waals surface area contributed by atoms with Gasteiger partial charge in [-0.3, -0.25) is 9.59 Å². The number of carbonyl (C=O) groups is 3. The zero-order chi connectivity index (χ0) is 24.3. The summed E-state index contributed by atoms with van der Waals surface area (Å²) >= 11 is 1.39. The van der Waals surface area contributed by atoms with Gasteiger partial charge in [-0.2, -0.15) is 0 Å². The van der Waals surface area contributed by atoms with Crippen molar-refractivity contribution in [2.75, 3.05) is 17.7 Å². The van der Waals surface area contributed by atoms with Gasteiger partial charge in [0.2, 0.25) is 11.8 Å². The second-order valence-corrected chi connectivity index (χ2v) is 8.58. The van der Waals surface area contributed by atoms with Crippen molar-refractivity contribution in [1.82, 2.24) is 0 Å². The average Bonchev–Trinajstić information content (AvgIpc) is 2.86. The number of benzene rings is 3. The zero-order valence-corrected chi connectivity index (χ0v) is 19.8. The molecular weight excluding hydrogens is 448 g/mol. The second kappa shape index (κ2) is 12.4. The number of hydrogen-bond acceptors (Lipinski definition) is 5. The molecule has 1 atom stereocenters. The van der Waals surface area contributed by atoms with Crippen LogP contribution in [0.25, 0.3) is 6.08 Å².